The molecule has 1 heterocycles. The first-order valence-corrected chi connectivity index (χ1v) is 8.35. The van der Waals surface area contributed by atoms with Crippen LogP contribution in [0.1, 0.15) is 6.42 Å². The van der Waals surface area contributed by atoms with E-state index < -0.39 is 0 Å². The molecule has 0 radical (unpaired) electrons. The Kier molecular flexibility index (Phi) is 4.99. The molecule has 0 aromatic heterocycles. The summed E-state index contributed by atoms with van der Waals surface area (Å²) in [5, 5.41) is 4.38. The molecule has 25 heavy (non-hydrogen) atoms. The van der Waals surface area contributed by atoms with Crippen LogP contribution in [-0.4, -0.2) is 55.3 Å². The first-order chi connectivity index (χ1) is 11.9. The summed E-state index contributed by atoms with van der Waals surface area (Å²) < 4.78 is 13.5. The molecule has 5 nitrogen and oxygen atoms in total. The molecule has 6 heteroatoms. The van der Waals surface area contributed by atoms with Crippen molar-refractivity contribution < 1.29 is 14.0 Å². The van der Waals surface area contributed by atoms with Gasteiger partial charge in [0.05, 0.1) is 5.92 Å². The number of amides is 2. The molecular formula is C19H22FN3O2. The van der Waals surface area contributed by atoms with E-state index in [4.69, 9.17) is 0 Å². The summed E-state index contributed by atoms with van der Waals surface area (Å²) in [5.74, 6) is -0.915. The lowest BCUT2D eigenvalue weighted by atomic mass is 10.1. The van der Waals surface area contributed by atoms with Crippen molar-refractivity contribution in [2.75, 3.05) is 39.0 Å². The SMILES string of the molecule is CN(C)CCN1CC(C(=O)Nc2cccc3ccc(F)cc23)CC1=O. The molecule has 2 amide bonds. The fraction of sp³-hybridized carbons (Fsp3) is 0.368. The number of benzene rings is 2. The summed E-state index contributed by atoms with van der Waals surface area (Å²) >= 11 is 0. The van der Waals surface area contributed by atoms with E-state index in [0.717, 1.165) is 11.9 Å². The Morgan fingerprint density at radius 2 is 2.12 bits per heavy atom. The number of likely N-dealkylation sites (N-methyl/N-ethyl adjacent to an activating group) is 1. The van der Waals surface area contributed by atoms with Crippen LogP contribution in [0.2, 0.25) is 0 Å². The third-order valence-electron chi connectivity index (χ3n) is 4.50. The van der Waals surface area contributed by atoms with Gasteiger partial charge in [-0.15, -0.1) is 0 Å². The van der Waals surface area contributed by atoms with Crippen molar-refractivity contribution in [2.45, 2.75) is 6.42 Å². The van der Waals surface area contributed by atoms with Gasteiger partial charge in [-0.2, -0.15) is 0 Å². The fourth-order valence-electron chi connectivity index (χ4n) is 3.07. The normalized spacial score (nSPS) is 17.5. The van der Waals surface area contributed by atoms with Crippen molar-refractivity contribution in [1.29, 1.82) is 0 Å². The minimum Gasteiger partial charge on any atom is -0.341 e. The zero-order chi connectivity index (χ0) is 18.0. The minimum absolute atomic E-state index is 0.00552. The van der Waals surface area contributed by atoms with Gasteiger partial charge in [0, 0.05) is 37.1 Å². The predicted molar refractivity (Wildman–Crippen MR) is 95.8 cm³/mol. The van der Waals surface area contributed by atoms with E-state index in [9.17, 15) is 14.0 Å². The van der Waals surface area contributed by atoms with Crippen LogP contribution in [0.4, 0.5) is 10.1 Å². The Hall–Kier alpha value is -2.47. The molecule has 1 N–H and O–H groups in total. The lowest BCUT2D eigenvalue weighted by molar-refractivity contribution is -0.128. The molecule has 1 saturated heterocycles. The van der Waals surface area contributed by atoms with Crippen LogP contribution < -0.4 is 5.32 Å². The lowest BCUT2D eigenvalue weighted by Crippen LogP contribution is -2.34. The highest BCUT2D eigenvalue weighted by Crippen LogP contribution is 2.26. The van der Waals surface area contributed by atoms with Gasteiger partial charge in [-0.05, 0) is 37.7 Å². The summed E-state index contributed by atoms with van der Waals surface area (Å²) in [6, 6.07) is 9.93. The van der Waals surface area contributed by atoms with Gasteiger partial charge in [0.25, 0.3) is 0 Å². The third kappa shape index (κ3) is 3.96. The zero-order valence-electron chi connectivity index (χ0n) is 14.5. The number of carbonyl (C=O) groups excluding carboxylic acids is 2. The number of fused-ring (bicyclic) bond motifs is 1. The fourth-order valence-corrected chi connectivity index (χ4v) is 3.07. The highest BCUT2D eigenvalue weighted by atomic mass is 19.1. The number of carbonyl (C=O) groups is 2. The van der Waals surface area contributed by atoms with Gasteiger partial charge in [0.15, 0.2) is 0 Å². The van der Waals surface area contributed by atoms with Gasteiger partial charge in [0.2, 0.25) is 11.8 Å². The number of nitrogens with one attached hydrogen (secondary N) is 1. The maximum absolute atomic E-state index is 13.5. The number of hydrogen-bond donors (Lipinski definition) is 1. The van der Waals surface area contributed by atoms with Gasteiger partial charge in [-0.1, -0.05) is 18.2 Å². The molecule has 3 rings (SSSR count). The molecule has 1 unspecified atom stereocenters. The average Bonchev–Trinajstić information content (AvgIpc) is 2.94. The summed E-state index contributed by atoms with van der Waals surface area (Å²) in [5.41, 5.74) is 0.571. The molecular weight excluding hydrogens is 321 g/mol. The van der Waals surface area contributed by atoms with Crippen LogP contribution in [0.5, 0.6) is 0 Å². The summed E-state index contributed by atoms with van der Waals surface area (Å²) in [6.07, 6.45) is 0.221. The molecule has 2 aromatic rings. The van der Waals surface area contributed by atoms with Crippen LogP contribution in [0.25, 0.3) is 10.8 Å². The molecule has 0 spiro atoms. The lowest BCUT2D eigenvalue weighted by Gasteiger charge is -2.19. The van der Waals surface area contributed by atoms with Crippen LogP contribution in [0.3, 0.4) is 0 Å². The molecule has 1 atom stereocenters. The molecule has 0 aliphatic carbocycles. The monoisotopic (exact) mass is 343 g/mol. The maximum atomic E-state index is 13.5. The largest absolute Gasteiger partial charge is 0.341 e. The van der Waals surface area contributed by atoms with Crippen molar-refractivity contribution in [2.24, 2.45) is 5.92 Å². The predicted octanol–water partition coefficient (Wildman–Crippen LogP) is 2.33. The van der Waals surface area contributed by atoms with Crippen LogP contribution >= 0.6 is 0 Å². The maximum Gasteiger partial charge on any atom is 0.229 e. The number of rotatable bonds is 5. The van der Waals surface area contributed by atoms with Crippen molar-refractivity contribution in [1.82, 2.24) is 9.80 Å². The van der Waals surface area contributed by atoms with E-state index in [1.165, 1.54) is 12.1 Å². The Bertz CT molecular complexity index is 806. The van der Waals surface area contributed by atoms with Crippen LogP contribution in [0, 0.1) is 11.7 Å². The van der Waals surface area contributed by atoms with Gasteiger partial charge in [-0.3, -0.25) is 9.59 Å². The van der Waals surface area contributed by atoms with Gasteiger partial charge >= 0.3 is 0 Å². The number of nitrogens with zero attached hydrogens (tertiary/aromatic N) is 2. The van der Waals surface area contributed by atoms with Crippen LogP contribution in [-0.2, 0) is 9.59 Å². The Balaban J connectivity index is 1.71. The number of hydrogen-bond acceptors (Lipinski definition) is 3. The highest BCUT2D eigenvalue weighted by Gasteiger charge is 2.34. The van der Waals surface area contributed by atoms with E-state index in [-0.39, 0.29) is 30.0 Å². The quantitative estimate of drug-likeness (QED) is 0.907. The first-order valence-electron chi connectivity index (χ1n) is 8.35. The molecule has 2 aromatic carbocycles. The third-order valence-corrected chi connectivity index (χ3v) is 4.50. The molecule has 1 fully saturated rings. The Morgan fingerprint density at radius 1 is 1.32 bits per heavy atom. The number of likely N-dealkylation sites (tertiary alicyclic amines) is 1. The van der Waals surface area contributed by atoms with E-state index >= 15 is 0 Å². The summed E-state index contributed by atoms with van der Waals surface area (Å²) in [6.45, 7) is 1.81. The standard InChI is InChI=1S/C19H22FN3O2/c1-22(2)8-9-23-12-14(10-18(23)24)19(25)21-17-5-3-4-13-6-7-15(20)11-16(13)17/h3-7,11,14H,8-10,12H2,1-2H3,(H,21,25). The average molecular weight is 343 g/mol. The second-order valence-electron chi connectivity index (χ2n) is 6.70. The van der Waals surface area contributed by atoms with Gasteiger partial charge < -0.3 is 15.1 Å². The summed E-state index contributed by atoms with van der Waals surface area (Å²) in [7, 11) is 3.90. The van der Waals surface area contributed by atoms with Crippen molar-refractivity contribution in [3.8, 4) is 0 Å². The highest BCUT2D eigenvalue weighted by molar-refractivity contribution is 6.04. The van der Waals surface area contributed by atoms with Crippen molar-refractivity contribution in [3.63, 3.8) is 0 Å². The van der Waals surface area contributed by atoms with Gasteiger partial charge in [-0.25, -0.2) is 4.39 Å². The molecule has 132 valence electrons. The Labute approximate surface area is 146 Å². The summed E-state index contributed by atoms with van der Waals surface area (Å²) in [4.78, 5) is 28.4. The van der Waals surface area contributed by atoms with E-state index in [1.807, 2.05) is 31.1 Å². The van der Waals surface area contributed by atoms with Gasteiger partial charge in [0.1, 0.15) is 5.82 Å². The van der Waals surface area contributed by atoms with E-state index in [2.05, 4.69) is 5.32 Å². The second kappa shape index (κ2) is 7.19. The molecule has 0 bridgehead atoms. The van der Waals surface area contributed by atoms with Crippen molar-refractivity contribution >= 4 is 28.3 Å². The topological polar surface area (TPSA) is 52.6 Å². The first kappa shape index (κ1) is 17.4. The minimum atomic E-state index is -0.376. The molecule has 0 saturated carbocycles. The van der Waals surface area contributed by atoms with E-state index in [1.54, 1.807) is 17.0 Å². The second-order valence-corrected chi connectivity index (χ2v) is 6.70. The van der Waals surface area contributed by atoms with Crippen LogP contribution in [0.15, 0.2) is 36.4 Å². The van der Waals surface area contributed by atoms with E-state index in [0.29, 0.717) is 24.2 Å². The van der Waals surface area contributed by atoms with Crippen molar-refractivity contribution in [3.05, 3.63) is 42.2 Å². The number of halogens is 1. The molecule has 1 aliphatic heterocycles. The zero-order valence-corrected chi connectivity index (χ0v) is 14.5. The Morgan fingerprint density at radius 3 is 2.88 bits per heavy atom. The number of anilines is 1. The smallest absolute Gasteiger partial charge is 0.229 e. The molecule has 1 aliphatic rings.